The van der Waals surface area contributed by atoms with Crippen molar-refractivity contribution in [2.45, 2.75) is 52.4 Å². The zero-order valence-electron chi connectivity index (χ0n) is 18.3. The molecule has 0 bridgehead atoms. The van der Waals surface area contributed by atoms with E-state index < -0.39 is 6.10 Å². The second-order valence-electron chi connectivity index (χ2n) is 8.53. The van der Waals surface area contributed by atoms with Crippen molar-refractivity contribution in [1.82, 2.24) is 14.9 Å². The number of thiophene rings is 1. The Labute approximate surface area is 186 Å². The molecule has 166 valence electrons. The van der Waals surface area contributed by atoms with E-state index in [9.17, 15) is 9.90 Å². The van der Waals surface area contributed by atoms with Gasteiger partial charge in [0, 0.05) is 11.4 Å². The van der Waals surface area contributed by atoms with Gasteiger partial charge in [0.25, 0.3) is 5.56 Å². The van der Waals surface area contributed by atoms with Crippen molar-refractivity contribution in [1.29, 1.82) is 0 Å². The highest BCUT2D eigenvalue weighted by Crippen LogP contribution is 2.35. The first kappa shape index (κ1) is 22.1. The van der Waals surface area contributed by atoms with Crippen molar-refractivity contribution < 1.29 is 9.84 Å². The topological polar surface area (TPSA) is 78.5 Å². The Hall–Kier alpha value is -2.06. The van der Waals surface area contributed by atoms with E-state index in [-0.39, 0.29) is 12.2 Å². The van der Waals surface area contributed by atoms with E-state index in [0.717, 1.165) is 41.6 Å². The quantitative estimate of drug-likeness (QED) is 0.531. The first-order chi connectivity index (χ1) is 15.0. The minimum Gasteiger partial charge on any atom is -0.389 e. The van der Waals surface area contributed by atoms with E-state index in [1.165, 1.54) is 10.4 Å². The lowest BCUT2D eigenvalue weighted by molar-refractivity contribution is 0.00905. The summed E-state index contributed by atoms with van der Waals surface area (Å²) in [6.45, 7) is 6.77. The molecule has 2 aromatic heterocycles. The number of aliphatic hydroxyl groups excluding tert-OH is 1. The average Bonchev–Trinajstić information content (AvgIpc) is 3.11. The summed E-state index contributed by atoms with van der Waals surface area (Å²) in [5.41, 5.74) is 2.26. The summed E-state index contributed by atoms with van der Waals surface area (Å²) in [6, 6.07) is 9.93. The molecule has 1 aromatic carbocycles. The number of benzene rings is 1. The highest BCUT2D eigenvalue weighted by Gasteiger charge is 2.23. The number of aliphatic hydroxyl groups is 1. The van der Waals surface area contributed by atoms with Gasteiger partial charge >= 0.3 is 0 Å². The van der Waals surface area contributed by atoms with Gasteiger partial charge in [-0.3, -0.25) is 9.69 Å². The number of likely N-dealkylation sites (N-methyl/N-ethyl adjacent to an activating group) is 1. The largest absolute Gasteiger partial charge is 0.389 e. The van der Waals surface area contributed by atoms with E-state index in [0.29, 0.717) is 31.4 Å². The van der Waals surface area contributed by atoms with Crippen LogP contribution in [0.4, 0.5) is 0 Å². The zero-order valence-corrected chi connectivity index (χ0v) is 19.1. The van der Waals surface area contributed by atoms with Crippen LogP contribution in [0.5, 0.6) is 0 Å². The highest BCUT2D eigenvalue weighted by molar-refractivity contribution is 7.18. The number of rotatable bonds is 9. The molecular weight excluding hydrogens is 410 g/mol. The van der Waals surface area contributed by atoms with Crippen LogP contribution >= 0.6 is 11.3 Å². The van der Waals surface area contributed by atoms with Crippen molar-refractivity contribution in [3.05, 3.63) is 62.5 Å². The summed E-state index contributed by atoms with van der Waals surface area (Å²) in [4.78, 5) is 24.8. The van der Waals surface area contributed by atoms with Crippen LogP contribution in [-0.4, -0.2) is 45.8 Å². The van der Waals surface area contributed by atoms with Crippen molar-refractivity contribution in [2.75, 3.05) is 19.7 Å². The van der Waals surface area contributed by atoms with Crippen molar-refractivity contribution in [3.8, 4) is 0 Å². The summed E-state index contributed by atoms with van der Waals surface area (Å²) >= 11 is 1.67. The molecule has 6 nitrogen and oxygen atoms in total. The molecule has 0 spiro atoms. The molecule has 4 rings (SSSR count). The van der Waals surface area contributed by atoms with E-state index in [2.05, 4.69) is 16.8 Å². The summed E-state index contributed by atoms with van der Waals surface area (Å²) in [5.74, 6) is 1.32. The number of ether oxygens (including phenoxy) is 1. The first-order valence-corrected chi connectivity index (χ1v) is 11.9. The lowest BCUT2D eigenvalue weighted by Gasteiger charge is -2.23. The van der Waals surface area contributed by atoms with Crippen molar-refractivity contribution >= 4 is 21.6 Å². The summed E-state index contributed by atoms with van der Waals surface area (Å²) in [6.07, 6.45) is 2.54. The minimum atomic E-state index is -0.602. The molecule has 1 aliphatic rings. The molecule has 0 aliphatic heterocycles. The van der Waals surface area contributed by atoms with E-state index in [1.807, 2.05) is 37.3 Å². The third-order valence-electron chi connectivity index (χ3n) is 5.93. The number of aromatic nitrogens is 2. The SMILES string of the molecule is CCN(Cc1nc2sc3c(c2c(=O)[nH]1)CCC(C)C3)CC(O)COCc1ccccc1. The molecule has 31 heavy (non-hydrogen) atoms. The van der Waals surface area contributed by atoms with Gasteiger partial charge in [0.05, 0.1) is 31.2 Å². The molecule has 0 fully saturated rings. The molecule has 0 saturated carbocycles. The zero-order chi connectivity index (χ0) is 21.8. The number of aryl methyl sites for hydroxylation is 1. The number of nitrogens with zero attached hydrogens (tertiary/aromatic N) is 2. The molecule has 0 amide bonds. The standard InChI is InChI=1S/C24H31N3O3S/c1-3-27(12-18(28)15-30-14-17-7-5-4-6-8-17)13-21-25-23(29)22-19-10-9-16(2)11-20(19)31-24(22)26-21/h4-8,16,18,28H,3,9-15H2,1-2H3,(H,25,26,29). The van der Waals surface area contributed by atoms with Crippen molar-refractivity contribution in [2.24, 2.45) is 5.92 Å². The van der Waals surface area contributed by atoms with Crippen LogP contribution in [0.1, 0.15) is 42.1 Å². The third-order valence-corrected chi connectivity index (χ3v) is 7.07. The lowest BCUT2D eigenvalue weighted by atomic mass is 9.89. The Balaban J connectivity index is 1.38. The van der Waals surface area contributed by atoms with Crippen LogP contribution in [0.25, 0.3) is 10.2 Å². The second kappa shape index (κ2) is 10.0. The van der Waals surface area contributed by atoms with Gasteiger partial charge in [-0.2, -0.15) is 0 Å². The van der Waals surface area contributed by atoms with Crippen LogP contribution in [0.2, 0.25) is 0 Å². The molecule has 2 unspecified atom stereocenters. The Morgan fingerprint density at radius 1 is 1.35 bits per heavy atom. The van der Waals surface area contributed by atoms with Crippen LogP contribution in [0, 0.1) is 5.92 Å². The number of hydrogen-bond donors (Lipinski definition) is 2. The van der Waals surface area contributed by atoms with Gasteiger partial charge in [0.2, 0.25) is 0 Å². The van der Waals surface area contributed by atoms with Crippen molar-refractivity contribution in [3.63, 3.8) is 0 Å². The predicted molar refractivity (Wildman–Crippen MR) is 124 cm³/mol. The molecule has 0 saturated heterocycles. The summed E-state index contributed by atoms with van der Waals surface area (Å²) in [7, 11) is 0. The van der Waals surface area contributed by atoms with Gasteiger partial charge in [0.1, 0.15) is 10.7 Å². The minimum absolute atomic E-state index is 0.0325. The third kappa shape index (κ3) is 5.41. The fourth-order valence-electron chi connectivity index (χ4n) is 4.22. The fourth-order valence-corrected chi connectivity index (χ4v) is 5.63. The predicted octanol–water partition coefficient (Wildman–Crippen LogP) is 3.51. The Morgan fingerprint density at radius 3 is 2.94 bits per heavy atom. The Bertz CT molecular complexity index is 1060. The van der Waals surface area contributed by atoms with Crippen LogP contribution < -0.4 is 5.56 Å². The summed E-state index contributed by atoms with van der Waals surface area (Å²) < 4.78 is 5.66. The smallest absolute Gasteiger partial charge is 0.259 e. The molecular formula is C24H31N3O3S. The monoisotopic (exact) mass is 441 g/mol. The van der Waals surface area contributed by atoms with Gasteiger partial charge in [-0.15, -0.1) is 11.3 Å². The maximum atomic E-state index is 12.8. The first-order valence-electron chi connectivity index (χ1n) is 11.1. The highest BCUT2D eigenvalue weighted by atomic mass is 32.1. The van der Waals surface area contributed by atoms with Crippen LogP contribution in [0.15, 0.2) is 35.1 Å². The van der Waals surface area contributed by atoms with E-state index >= 15 is 0 Å². The van der Waals surface area contributed by atoms with Gasteiger partial charge in [-0.1, -0.05) is 44.2 Å². The average molecular weight is 442 g/mol. The molecule has 1 aliphatic carbocycles. The molecule has 7 heteroatoms. The maximum Gasteiger partial charge on any atom is 0.259 e. The molecule has 3 aromatic rings. The number of aromatic amines is 1. The fraction of sp³-hybridized carbons (Fsp3) is 0.500. The normalized spacial score (nSPS) is 17.2. The molecule has 2 N–H and O–H groups in total. The molecule has 2 heterocycles. The lowest BCUT2D eigenvalue weighted by Crippen LogP contribution is -2.35. The molecule has 0 radical (unpaired) electrons. The van der Waals surface area contributed by atoms with Gasteiger partial charge in [-0.05, 0) is 42.9 Å². The van der Waals surface area contributed by atoms with Gasteiger partial charge in [-0.25, -0.2) is 4.98 Å². The number of hydrogen-bond acceptors (Lipinski definition) is 6. The number of H-pyrrole nitrogens is 1. The number of nitrogens with one attached hydrogen (secondary N) is 1. The Kier molecular flexibility index (Phi) is 7.17. The van der Waals surface area contributed by atoms with Crippen LogP contribution in [0.3, 0.4) is 0 Å². The van der Waals surface area contributed by atoms with E-state index in [4.69, 9.17) is 9.72 Å². The molecule has 2 atom stereocenters. The van der Waals surface area contributed by atoms with Gasteiger partial charge < -0.3 is 14.8 Å². The van der Waals surface area contributed by atoms with Crippen LogP contribution in [-0.2, 0) is 30.7 Å². The number of fused-ring (bicyclic) bond motifs is 3. The van der Waals surface area contributed by atoms with Gasteiger partial charge in [0.15, 0.2) is 0 Å². The Morgan fingerprint density at radius 2 is 2.16 bits per heavy atom. The summed E-state index contributed by atoms with van der Waals surface area (Å²) in [5, 5.41) is 11.2. The van der Waals surface area contributed by atoms with E-state index in [1.54, 1.807) is 11.3 Å². The maximum absolute atomic E-state index is 12.8. The second-order valence-corrected chi connectivity index (χ2v) is 9.61.